The van der Waals surface area contributed by atoms with Crippen molar-refractivity contribution in [1.82, 2.24) is 14.5 Å². The van der Waals surface area contributed by atoms with Crippen molar-refractivity contribution < 1.29 is 28.6 Å². The normalized spacial score (nSPS) is 12.4. The van der Waals surface area contributed by atoms with Gasteiger partial charge < -0.3 is 14.0 Å². The first-order valence-corrected chi connectivity index (χ1v) is 24.8. The van der Waals surface area contributed by atoms with Crippen LogP contribution in [0.25, 0.3) is 94.3 Å². The van der Waals surface area contributed by atoms with E-state index in [0.717, 1.165) is 94.3 Å². The molecule has 315 valence electrons. The smallest absolute Gasteiger partial charge is 0.128 e. The van der Waals surface area contributed by atoms with E-state index >= 15 is 0 Å². The fourth-order valence-corrected chi connectivity index (χ4v) is 9.65. The molecule has 0 fully saturated rings. The molecule has 0 unspecified atom stereocenters. The molecule has 0 aliphatic carbocycles. The third-order valence-electron chi connectivity index (χ3n) is 11.9. The van der Waals surface area contributed by atoms with Gasteiger partial charge in [0.1, 0.15) is 5.58 Å². The number of nitrogens with zero attached hydrogens (tertiary/aromatic N) is 3. The largest absolute Gasteiger partial charge is 0.500 e. The molecule has 3 aromatic heterocycles. The minimum atomic E-state index is -2.13. The van der Waals surface area contributed by atoms with E-state index in [0.29, 0.717) is 5.56 Å². The number of hydrogen-bond donors (Lipinski definition) is 0. The maximum atomic E-state index is 7.70. The van der Waals surface area contributed by atoms with Gasteiger partial charge in [-0.15, -0.1) is 54.1 Å². The van der Waals surface area contributed by atoms with E-state index in [1.165, 1.54) is 16.3 Å². The molecule has 11 aromatic rings. The van der Waals surface area contributed by atoms with Crippen LogP contribution in [-0.4, -0.2) is 22.6 Å². The third-order valence-corrected chi connectivity index (χ3v) is 13.9. The average molecular weight is 1030 g/mol. The predicted molar refractivity (Wildman–Crippen MR) is 267 cm³/mol. The summed E-state index contributed by atoms with van der Waals surface area (Å²) in [4.78, 5) is 9.73. The van der Waals surface area contributed by atoms with E-state index in [1.807, 2.05) is 60.8 Å². The van der Waals surface area contributed by atoms with Gasteiger partial charge in [0.15, 0.2) is 0 Å². The zero-order chi connectivity index (χ0) is 45.7. The van der Waals surface area contributed by atoms with E-state index in [2.05, 4.69) is 158 Å². The van der Waals surface area contributed by atoms with Crippen molar-refractivity contribution in [2.75, 3.05) is 0 Å². The second-order valence-corrected chi connectivity index (χ2v) is 22.3. The second-order valence-electron chi connectivity index (χ2n) is 17.2. The molecule has 0 saturated carbocycles. The molecule has 0 bridgehead atoms. The van der Waals surface area contributed by atoms with Crippen LogP contribution in [0.1, 0.15) is 20.8 Å². The number of hydrogen-bond acceptors (Lipinski definition) is 3. The minimum Gasteiger partial charge on any atom is -0.500 e. The Labute approximate surface area is 393 Å². The van der Waals surface area contributed by atoms with Gasteiger partial charge in [-0.3, -0.25) is 4.98 Å². The van der Waals surface area contributed by atoms with Crippen LogP contribution in [0.3, 0.4) is 0 Å². The van der Waals surface area contributed by atoms with Gasteiger partial charge in [0.25, 0.3) is 0 Å². The molecule has 0 aliphatic heterocycles. The summed E-state index contributed by atoms with van der Waals surface area (Å²) in [6.45, 7) is 9.21. The van der Waals surface area contributed by atoms with Crippen molar-refractivity contribution in [3.63, 3.8) is 0 Å². The van der Waals surface area contributed by atoms with E-state index in [1.54, 1.807) is 12.1 Å². The Morgan fingerprint density at radius 3 is 2.03 bits per heavy atom. The molecule has 1 radical (unpaired) electrons. The van der Waals surface area contributed by atoms with Crippen molar-refractivity contribution in [1.29, 1.82) is 0 Å². The van der Waals surface area contributed by atoms with Crippen LogP contribution >= 0.6 is 0 Å². The van der Waals surface area contributed by atoms with E-state index < -0.39 is 14.9 Å². The maximum Gasteiger partial charge on any atom is 0.128 e. The van der Waals surface area contributed by atoms with E-state index in [4.69, 9.17) is 13.5 Å². The van der Waals surface area contributed by atoms with Crippen LogP contribution in [0, 0.1) is 32.8 Å². The summed E-state index contributed by atoms with van der Waals surface area (Å²) in [6, 6.07) is 63.9. The van der Waals surface area contributed by atoms with Gasteiger partial charge in [-0.25, -0.2) is 0 Å². The Morgan fingerprint density at radius 2 is 1.31 bits per heavy atom. The third kappa shape index (κ3) is 8.05. The number of aromatic nitrogens is 3. The summed E-state index contributed by atoms with van der Waals surface area (Å²) in [6.07, 6.45) is 2.02. The zero-order valence-corrected chi connectivity index (χ0v) is 39.7. The van der Waals surface area contributed by atoms with Crippen LogP contribution in [0.5, 0.6) is 0 Å². The molecule has 4 nitrogen and oxygen atoms in total. The summed E-state index contributed by atoms with van der Waals surface area (Å²) in [5, 5.41) is 5.47. The molecular weight excluding hydrogens is 975 g/mol. The van der Waals surface area contributed by atoms with Gasteiger partial charge in [0.05, 0.1) is 30.5 Å². The number of para-hydroxylation sites is 2. The van der Waals surface area contributed by atoms with E-state index in [-0.39, 0.29) is 20.1 Å². The topological polar surface area (TPSA) is 43.9 Å². The summed E-state index contributed by atoms with van der Waals surface area (Å²) in [5.41, 5.74) is 14.4. The van der Waals surface area contributed by atoms with Crippen LogP contribution in [0.15, 0.2) is 180 Å². The fraction of sp³-hybridized carbons (Fsp3) is 0.103. The first kappa shape index (κ1) is 38.9. The Hall–Kier alpha value is -6.69. The number of rotatable bonds is 6. The van der Waals surface area contributed by atoms with Crippen molar-refractivity contribution in [2.45, 2.75) is 40.3 Å². The van der Waals surface area contributed by atoms with Gasteiger partial charge in [0.2, 0.25) is 0 Å². The first-order valence-electron chi connectivity index (χ1n) is 22.8. The monoisotopic (exact) mass is 1030 g/mol. The summed E-state index contributed by atoms with van der Waals surface area (Å²) in [5.74, 6) is 0.779. The average Bonchev–Trinajstić information content (AvgIpc) is 3.91. The molecule has 11 rings (SSSR count). The maximum absolute atomic E-state index is 7.70. The number of aryl methyl sites for hydroxylation is 3. The van der Waals surface area contributed by atoms with Gasteiger partial charge in [-0.05, 0) is 101 Å². The van der Waals surface area contributed by atoms with Crippen molar-refractivity contribution in [3.05, 3.63) is 205 Å². The van der Waals surface area contributed by atoms with Crippen molar-refractivity contribution in [3.8, 4) is 50.6 Å². The molecule has 0 N–H and O–H groups in total. The van der Waals surface area contributed by atoms with Gasteiger partial charge in [-0.2, -0.15) is 0 Å². The number of furan rings is 1. The van der Waals surface area contributed by atoms with Gasteiger partial charge in [-0.1, -0.05) is 139 Å². The SMILES string of the molecule is C[Si](C)(C)c1ccc(-c2[c-]cccc2)nc1.[2H]C([2H])([2H])c1ccc(-c2ccc3c(ccc4c5cc[c-]c(-c6nc7ccccc7n6-c6c(C)cc(-c7ccccc7)cc6C)c5oc34)c2)cc1.[Ir]. The number of fused-ring (bicyclic) bond motifs is 6. The summed E-state index contributed by atoms with van der Waals surface area (Å²) in [7, 11) is -1.23. The molecule has 0 spiro atoms. The molecule has 0 aliphatic rings. The van der Waals surface area contributed by atoms with E-state index in [9.17, 15) is 0 Å². The molecule has 0 amide bonds. The first-order chi connectivity index (χ1) is 31.8. The summed E-state index contributed by atoms with van der Waals surface area (Å²) >= 11 is 0. The molecule has 0 saturated heterocycles. The van der Waals surface area contributed by atoms with Gasteiger partial charge in [0, 0.05) is 46.9 Å². The Bertz CT molecular complexity index is 3540. The Morgan fingerprint density at radius 1 is 0.609 bits per heavy atom. The zero-order valence-electron chi connectivity index (χ0n) is 39.3. The molecule has 64 heavy (non-hydrogen) atoms. The number of benzene rings is 8. The minimum absolute atomic E-state index is 0. The standard InChI is InChI=1S/C44H31N2O.C14H16NSi.Ir/c1-27-16-18-31(19-17-27)32-20-22-35-33(26-32)21-23-37-36-12-9-13-38(43(36)47-42(35)37)44-45-39-14-7-8-15-40(39)46(44)41-28(2)24-34(25-29(41)3)30-10-5-4-6-11-30;1-16(2,3)13-9-10-14(15-11-13)12-7-5-4-6-8-12;/h4-12,14-26H,1-3H3;4-7,9-11H,1-3H3;/q2*-1;/i1D3;;. The van der Waals surface area contributed by atoms with Crippen molar-refractivity contribution >= 4 is 57.0 Å². The van der Waals surface area contributed by atoms with Crippen molar-refractivity contribution in [2.24, 2.45) is 0 Å². The van der Waals surface area contributed by atoms with Gasteiger partial charge >= 0.3 is 0 Å². The molecule has 0 atom stereocenters. The Kier molecular flexibility index (Phi) is 10.6. The van der Waals surface area contributed by atoms with Crippen LogP contribution in [-0.2, 0) is 20.1 Å². The molecule has 6 heteroatoms. The molecular formula is C58H47IrN3OSi-2. The second kappa shape index (κ2) is 17.5. The predicted octanol–water partition coefficient (Wildman–Crippen LogP) is 14.9. The number of pyridine rings is 1. The fourth-order valence-electron chi connectivity index (χ4n) is 8.61. The summed E-state index contributed by atoms with van der Waals surface area (Å²) < 4.78 is 32.2. The van der Waals surface area contributed by atoms with Crippen LogP contribution < -0.4 is 5.19 Å². The molecule has 8 aromatic carbocycles. The van der Waals surface area contributed by atoms with Crippen LogP contribution in [0.2, 0.25) is 19.6 Å². The quantitative estimate of drug-likeness (QED) is 0.123. The number of imidazole rings is 1. The van der Waals surface area contributed by atoms with Crippen LogP contribution in [0.4, 0.5) is 0 Å². The Balaban J connectivity index is 0.000000281. The molecule has 3 heterocycles.